The standard InChI is InChI=1S/C12H13ClN2O/c1-12(2,3)10-8-6-7(16)4-5-9(8)14-11(13)15-10/h4-6,16H,1-3H3. The van der Waals surface area contributed by atoms with Crippen molar-refractivity contribution in [2.75, 3.05) is 0 Å². The van der Waals surface area contributed by atoms with E-state index < -0.39 is 0 Å². The fourth-order valence-corrected chi connectivity index (χ4v) is 1.84. The van der Waals surface area contributed by atoms with Crippen LogP contribution in [-0.2, 0) is 5.41 Å². The van der Waals surface area contributed by atoms with Gasteiger partial charge in [0.05, 0.1) is 11.2 Å². The quantitative estimate of drug-likeness (QED) is 0.714. The predicted molar refractivity (Wildman–Crippen MR) is 64.9 cm³/mol. The van der Waals surface area contributed by atoms with Crippen LogP contribution in [0.15, 0.2) is 18.2 Å². The minimum absolute atomic E-state index is 0.140. The average Bonchev–Trinajstić information content (AvgIpc) is 2.16. The molecular weight excluding hydrogens is 224 g/mol. The third-order valence-electron chi connectivity index (χ3n) is 2.36. The lowest BCUT2D eigenvalue weighted by Crippen LogP contribution is -2.14. The third-order valence-corrected chi connectivity index (χ3v) is 2.53. The van der Waals surface area contributed by atoms with Crippen LogP contribution in [0.5, 0.6) is 5.75 Å². The molecule has 2 aromatic rings. The average molecular weight is 237 g/mol. The van der Waals surface area contributed by atoms with Gasteiger partial charge in [0.2, 0.25) is 5.28 Å². The van der Waals surface area contributed by atoms with Gasteiger partial charge in [-0.3, -0.25) is 0 Å². The van der Waals surface area contributed by atoms with Crippen LogP contribution in [0.3, 0.4) is 0 Å². The molecule has 0 aliphatic heterocycles. The lowest BCUT2D eigenvalue weighted by Gasteiger charge is -2.19. The number of hydrogen-bond donors (Lipinski definition) is 1. The van der Waals surface area contributed by atoms with E-state index in [2.05, 4.69) is 30.7 Å². The van der Waals surface area contributed by atoms with Crippen LogP contribution in [0.1, 0.15) is 26.5 Å². The first-order valence-electron chi connectivity index (χ1n) is 5.05. The number of nitrogens with zero attached hydrogens (tertiary/aromatic N) is 2. The molecule has 84 valence electrons. The van der Waals surface area contributed by atoms with E-state index in [0.29, 0.717) is 0 Å². The zero-order chi connectivity index (χ0) is 11.9. The topological polar surface area (TPSA) is 46.0 Å². The van der Waals surface area contributed by atoms with E-state index in [1.54, 1.807) is 18.2 Å². The van der Waals surface area contributed by atoms with Crippen molar-refractivity contribution in [1.29, 1.82) is 0 Å². The molecule has 4 heteroatoms. The molecule has 0 saturated heterocycles. The normalized spacial score (nSPS) is 12.0. The zero-order valence-electron chi connectivity index (χ0n) is 9.45. The van der Waals surface area contributed by atoms with Crippen molar-refractivity contribution < 1.29 is 5.11 Å². The van der Waals surface area contributed by atoms with E-state index in [0.717, 1.165) is 16.6 Å². The lowest BCUT2D eigenvalue weighted by atomic mass is 9.89. The second-order valence-electron chi connectivity index (χ2n) is 4.79. The van der Waals surface area contributed by atoms with Gasteiger partial charge in [-0.25, -0.2) is 9.97 Å². The van der Waals surface area contributed by atoms with Gasteiger partial charge in [0, 0.05) is 10.8 Å². The van der Waals surface area contributed by atoms with Gasteiger partial charge >= 0.3 is 0 Å². The molecule has 1 aromatic carbocycles. The van der Waals surface area contributed by atoms with E-state index >= 15 is 0 Å². The van der Waals surface area contributed by atoms with E-state index in [9.17, 15) is 5.11 Å². The maximum Gasteiger partial charge on any atom is 0.223 e. The molecule has 1 heterocycles. The molecular formula is C12H13ClN2O. The van der Waals surface area contributed by atoms with Crippen molar-refractivity contribution in [2.24, 2.45) is 0 Å². The summed E-state index contributed by atoms with van der Waals surface area (Å²) in [5.74, 6) is 0.212. The summed E-state index contributed by atoms with van der Waals surface area (Å²) in [7, 11) is 0. The number of benzene rings is 1. The first-order valence-corrected chi connectivity index (χ1v) is 5.42. The fraction of sp³-hybridized carbons (Fsp3) is 0.333. The molecule has 3 nitrogen and oxygen atoms in total. The summed E-state index contributed by atoms with van der Waals surface area (Å²) in [6, 6.07) is 5.01. The van der Waals surface area contributed by atoms with Crippen molar-refractivity contribution in [2.45, 2.75) is 26.2 Å². The molecule has 1 N–H and O–H groups in total. The van der Waals surface area contributed by atoms with Crippen LogP contribution in [0.25, 0.3) is 10.9 Å². The highest BCUT2D eigenvalue weighted by molar-refractivity contribution is 6.28. The Morgan fingerprint density at radius 3 is 2.50 bits per heavy atom. The van der Waals surface area contributed by atoms with Crippen LogP contribution < -0.4 is 0 Å². The van der Waals surface area contributed by atoms with E-state index in [-0.39, 0.29) is 16.4 Å². The Hall–Kier alpha value is -1.35. The highest BCUT2D eigenvalue weighted by atomic mass is 35.5. The molecule has 2 rings (SSSR count). The maximum absolute atomic E-state index is 9.50. The summed E-state index contributed by atoms with van der Waals surface area (Å²) in [5, 5.41) is 10.6. The van der Waals surface area contributed by atoms with Crippen molar-refractivity contribution >= 4 is 22.5 Å². The van der Waals surface area contributed by atoms with Crippen LogP contribution in [-0.4, -0.2) is 15.1 Å². The molecule has 1 aromatic heterocycles. The van der Waals surface area contributed by atoms with E-state index in [1.165, 1.54) is 0 Å². The highest BCUT2D eigenvalue weighted by Crippen LogP contribution is 2.30. The second kappa shape index (κ2) is 3.59. The van der Waals surface area contributed by atoms with E-state index in [4.69, 9.17) is 11.6 Å². The van der Waals surface area contributed by atoms with Crippen LogP contribution in [0.4, 0.5) is 0 Å². The van der Waals surface area contributed by atoms with Crippen LogP contribution in [0, 0.1) is 0 Å². The van der Waals surface area contributed by atoms with Gasteiger partial charge in [-0.1, -0.05) is 20.8 Å². The molecule has 0 radical (unpaired) electrons. The monoisotopic (exact) mass is 236 g/mol. The largest absolute Gasteiger partial charge is 0.508 e. The molecule has 0 bridgehead atoms. The Morgan fingerprint density at radius 2 is 1.88 bits per heavy atom. The van der Waals surface area contributed by atoms with Gasteiger partial charge in [0.25, 0.3) is 0 Å². The smallest absolute Gasteiger partial charge is 0.223 e. The van der Waals surface area contributed by atoms with Crippen LogP contribution >= 0.6 is 11.6 Å². The summed E-state index contributed by atoms with van der Waals surface area (Å²) in [6.07, 6.45) is 0. The Labute approximate surface area is 99.1 Å². The maximum atomic E-state index is 9.50. The fourth-order valence-electron chi connectivity index (χ4n) is 1.66. The number of fused-ring (bicyclic) bond motifs is 1. The first-order chi connectivity index (χ1) is 7.38. The molecule has 0 saturated carbocycles. The Morgan fingerprint density at radius 1 is 1.19 bits per heavy atom. The molecule has 0 spiro atoms. The van der Waals surface area contributed by atoms with E-state index in [1.807, 2.05) is 0 Å². The summed E-state index contributed by atoms with van der Waals surface area (Å²) >= 11 is 5.88. The number of halogens is 1. The van der Waals surface area contributed by atoms with Crippen LogP contribution in [0.2, 0.25) is 5.28 Å². The minimum Gasteiger partial charge on any atom is -0.508 e. The number of phenolic OH excluding ortho intramolecular Hbond substituents is 1. The van der Waals surface area contributed by atoms with Crippen molar-refractivity contribution in [3.8, 4) is 5.75 Å². The summed E-state index contributed by atoms with van der Waals surface area (Å²) in [4.78, 5) is 8.39. The third kappa shape index (κ3) is 1.95. The molecule has 0 aliphatic carbocycles. The summed E-state index contributed by atoms with van der Waals surface area (Å²) in [6.45, 7) is 6.15. The summed E-state index contributed by atoms with van der Waals surface area (Å²) < 4.78 is 0. The number of rotatable bonds is 0. The lowest BCUT2D eigenvalue weighted by molar-refractivity contribution is 0.476. The highest BCUT2D eigenvalue weighted by Gasteiger charge is 2.20. The molecule has 0 atom stereocenters. The van der Waals surface area contributed by atoms with Gasteiger partial charge in [0.1, 0.15) is 5.75 Å². The summed E-state index contributed by atoms with van der Waals surface area (Å²) in [5.41, 5.74) is 1.46. The zero-order valence-corrected chi connectivity index (χ0v) is 10.2. The Balaban J connectivity index is 2.85. The molecule has 0 unspecified atom stereocenters. The number of aromatic hydroxyl groups is 1. The number of phenols is 1. The van der Waals surface area contributed by atoms with Gasteiger partial charge in [-0.15, -0.1) is 0 Å². The SMILES string of the molecule is CC(C)(C)c1nc(Cl)nc2ccc(O)cc12. The molecule has 0 fully saturated rings. The Bertz CT molecular complexity index is 546. The van der Waals surface area contributed by atoms with Gasteiger partial charge in [0.15, 0.2) is 0 Å². The minimum atomic E-state index is -0.140. The van der Waals surface area contributed by atoms with Gasteiger partial charge in [-0.05, 0) is 29.8 Å². The first kappa shape index (κ1) is 11.1. The Kier molecular flexibility index (Phi) is 2.50. The molecule has 0 aliphatic rings. The van der Waals surface area contributed by atoms with Crippen molar-refractivity contribution in [1.82, 2.24) is 9.97 Å². The van der Waals surface area contributed by atoms with Crippen molar-refractivity contribution in [3.63, 3.8) is 0 Å². The van der Waals surface area contributed by atoms with Crippen molar-refractivity contribution in [3.05, 3.63) is 29.2 Å². The predicted octanol–water partition coefficient (Wildman–Crippen LogP) is 3.29. The molecule has 0 amide bonds. The number of aromatic nitrogens is 2. The number of hydrogen-bond acceptors (Lipinski definition) is 3. The van der Waals surface area contributed by atoms with Gasteiger partial charge in [-0.2, -0.15) is 0 Å². The molecule has 16 heavy (non-hydrogen) atoms. The van der Waals surface area contributed by atoms with Gasteiger partial charge < -0.3 is 5.11 Å². The second-order valence-corrected chi connectivity index (χ2v) is 5.13.